The number of carbonyl (C=O) groups excluding carboxylic acids is 1. The molecule has 4 rings (SSSR count). The predicted molar refractivity (Wildman–Crippen MR) is 90.9 cm³/mol. The van der Waals surface area contributed by atoms with E-state index >= 15 is 0 Å². The van der Waals surface area contributed by atoms with Gasteiger partial charge in [0, 0.05) is 21.2 Å². The third kappa shape index (κ3) is 2.74. The molecule has 1 aliphatic carbocycles. The molecule has 0 amide bonds. The average Bonchev–Trinajstić information content (AvgIpc) is 3.26. The van der Waals surface area contributed by atoms with Crippen LogP contribution in [0, 0.1) is 0 Å². The highest BCUT2D eigenvalue weighted by Crippen LogP contribution is 2.31. The first-order valence-electron chi connectivity index (χ1n) is 7.05. The molecule has 112 valence electrons. The van der Waals surface area contributed by atoms with Gasteiger partial charge >= 0.3 is 5.97 Å². The van der Waals surface area contributed by atoms with E-state index in [9.17, 15) is 4.79 Å². The highest BCUT2D eigenvalue weighted by Gasteiger charge is 2.19. The quantitative estimate of drug-likeness (QED) is 0.638. The Balaban J connectivity index is 1.40. The van der Waals surface area contributed by atoms with Crippen molar-refractivity contribution in [2.75, 3.05) is 0 Å². The zero-order valence-corrected chi connectivity index (χ0v) is 14.2. The molecule has 0 spiro atoms. The Morgan fingerprint density at radius 3 is 3.09 bits per heavy atom. The van der Waals surface area contributed by atoms with Gasteiger partial charge in [0.1, 0.15) is 16.5 Å². The summed E-state index contributed by atoms with van der Waals surface area (Å²) in [6, 6.07) is 4.04. The molecule has 0 bridgehead atoms. The topological polar surface area (TPSA) is 39.2 Å². The highest BCUT2D eigenvalue weighted by molar-refractivity contribution is 7.14. The zero-order valence-electron chi connectivity index (χ0n) is 11.7. The largest absolute Gasteiger partial charge is 0.455 e. The number of nitrogens with zero attached hydrogens (tertiary/aromatic N) is 1. The van der Waals surface area contributed by atoms with E-state index in [2.05, 4.69) is 10.4 Å². The lowest BCUT2D eigenvalue weighted by atomic mass is 10.2. The number of ether oxygens (including phenoxy) is 1. The first kappa shape index (κ1) is 14.1. The van der Waals surface area contributed by atoms with Gasteiger partial charge in [0.2, 0.25) is 0 Å². The van der Waals surface area contributed by atoms with Crippen molar-refractivity contribution in [3.05, 3.63) is 49.3 Å². The SMILES string of the molecule is O=C(OCc1csc(-c2ccsc2)n1)c1cc2c(s1)CCC2. The molecule has 0 saturated heterocycles. The van der Waals surface area contributed by atoms with E-state index in [-0.39, 0.29) is 12.6 Å². The van der Waals surface area contributed by atoms with Crippen molar-refractivity contribution in [2.45, 2.75) is 25.9 Å². The van der Waals surface area contributed by atoms with Crippen molar-refractivity contribution < 1.29 is 9.53 Å². The van der Waals surface area contributed by atoms with Gasteiger partial charge in [0.05, 0.1) is 5.69 Å². The van der Waals surface area contributed by atoms with Gasteiger partial charge in [-0.15, -0.1) is 22.7 Å². The van der Waals surface area contributed by atoms with Crippen LogP contribution in [0.4, 0.5) is 0 Å². The second kappa shape index (κ2) is 5.95. The van der Waals surface area contributed by atoms with E-state index in [0.29, 0.717) is 0 Å². The van der Waals surface area contributed by atoms with Crippen LogP contribution in [-0.4, -0.2) is 11.0 Å². The lowest BCUT2D eigenvalue weighted by Gasteiger charge is -2.00. The molecule has 0 radical (unpaired) electrons. The third-order valence-electron chi connectivity index (χ3n) is 3.62. The standard InChI is InChI=1S/C16H13NO2S3/c18-16(14-6-10-2-1-3-13(10)22-14)19-7-12-9-21-15(17-12)11-4-5-20-8-11/h4-6,8-9H,1-3,7H2. The molecule has 3 heterocycles. The number of rotatable bonds is 4. The lowest BCUT2D eigenvalue weighted by molar-refractivity contribution is 0.0474. The molecule has 0 aromatic carbocycles. The van der Waals surface area contributed by atoms with Crippen molar-refractivity contribution in [2.24, 2.45) is 0 Å². The molecule has 0 N–H and O–H groups in total. The van der Waals surface area contributed by atoms with E-state index in [1.54, 1.807) is 34.0 Å². The van der Waals surface area contributed by atoms with Crippen LogP contribution in [0.1, 0.15) is 32.2 Å². The van der Waals surface area contributed by atoms with Gasteiger partial charge in [0.15, 0.2) is 0 Å². The minimum absolute atomic E-state index is 0.232. The van der Waals surface area contributed by atoms with Gasteiger partial charge in [-0.3, -0.25) is 0 Å². The molecule has 22 heavy (non-hydrogen) atoms. The molecule has 0 aliphatic heterocycles. The Morgan fingerprint density at radius 2 is 2.27 bits per heavy atom. The van der Waals surface area contributed by atoms with Crippen LogP contribution in [-0.2, 0) is 24.2 Å². The molecular formula is C16H13NO2S3. The summed E-state index contributed by atoms with van der Waals surface area (Å²) in [4.78, 5) is 18.7. The molecular weight excluding hydrogens is 334 g/mol. The number of aryl methyl sites for hydroxylation is 2. The van der Waals surface area contributed by atoms with Gasteiger partial charge in [-0.1, -0.05) is 0 Å². The fourth-order valence-corrected chi connectivity index (χ4v) is 5.20. The summed E-state index contributed by atoms with van der Waals surface area (Å²) in [5.41, 5.74) is 3.26. The zero-order chi connectivity index (χ0) is 14.9. The van der Waals surface area contributed by atoms with Crippen molar-refractivity contribution in [3.8, 4) is 10.6 Å². The van der Waals surface area contributed by atoms with Gasteiger partial charge in [0.25, 0.3) is 0 Å². The Labute approximate surface area is 140 Å². The van der Waals surface area contributed by atoms with Crippen molar-refractivity contribution in [1.29, 1.82) is 0 Å². The molecule has 3 aromatic heterocycles. The van der Waals surface area contributed by atoms with Crippen LogP contribution >= 0.6 is 34.0 Å². The predicted octanol–water partition coefficient (Wildman–Crippen LogP) is 4.78. The van der Waals surface area contributed by atoms with E-state index < -0.39 is 0 Å². The minimum Gasteiger partial charge on any atom is -0.455 e. The van der Waals surface area contributed by atoms with Crippen molar-refractivity contribution >= 4 is 40.0 Å². The second-order valence-corrected chi connectivity index (χ2v) is 7.92. The molecule has 6 heteroatoms. The van der Waals surface area contributed by atoms with Crippen LogP contribution in [0.5, 0.6) is 0 Å². The minimum atomic E-state index is -0.232. The maximum Gasteiger partial charge on any atom is 0.348 e. The number of aromatic nitrogens is 1. The molecule has 3 aromatic rings. The summed E-state index contributed by atoms with van der Waals surface area (Å²) in [6.45, 7) is 0.238. The van der Waals surface area contributed by atoms with Crippen LogP contribution in [0.2, 0.25) is 0 Å². The summed E-state index contributed by atoms with van der Waals surface area (Å²) >= 11 is 4.81. The second-order valence-electron chi connectivity index (χ2n) is 5.14. The Morgan fingerprint density at radius 1 is 1.32 bits per heavy atom. The van der Waals surface area contributed by atoms with Crippen molar-refractivity contribution in [3.63, 3.8) is 0 Å². The fraction of sp³-hybridized carbons (Fsp3) is 0.250. The van der Waals surface area contributed by atoms with E-state index in [1.165, 1.54) is 16.9 Å². The van der Waals surface area contributed by atoms with Gasteiger partial charge in [-0.2, -0.15) is 11.3 Å². The highest BCUT2D eigenvalue weighted by atomic mass is 32.1. The molecule has 0 fully saturated rings. The Bertz CT molecular complexity index is 780. The molecule has 1 aliphatic rings. The van der Waals surface area contributed by atoms with Gasteiger partial charge in [-0.25, -0.2) is 9.78 Å². The molecule has 0 atom stereocenters. The first-order valence-corrected chi connectivity index (χ1v) is 9.69. The number of fused-ring (bicyclic) bond motifs is 1. The number of esters is 1. The summed E-state index contributed by atoms with van der Waals surface area (Å²) in [7, 11) is 0. The van der Waals surface area contributed by atoms with Crippen molar-refractivity contribution in [1.82, 2.24) is 4.98 Å². The van der Waals surface area contributed by atoms with E-state index in [4.69, 9.17) is 4.74 Å². The van der Waals surface area contributed by atoms with Gasteiger partial charge in [-0.05, 0) is 42.3 Å². The number of carbonyl (C=O) groups is 1. The molecule has 0 unspecified atom stereocenters. The number of thiophene rings is 2. The monoisotopic (exact) mass is 347 g/mol. The third-order valence-corrected chi connectivity index (χ3v) is 6.46. The van der Waals surface area contributed by atoms with Crippen LogP contribution in [0.25, 0.3) is 10.6 Å². The fourth-order valence-electron chi connectivity index (χ4n) is 2.53. The van der Waals surface area contributed by atoms with Crippen LogP contribution in [0.3, 0.4) is 0 Å². The maximum absolute atomic E-state index is 12.1. The van der Waals surface area contributed by atoms with E-state index in [0.717, 1.165) is 34.0 Å². The Hall–Kier alpha value is -1.50. The normalized spacial score (nSPS) is 13.3. The Kier molecular flexibility index (Phi) is 3.82. The number of hydrogen-bond acceptors (Lipinski definition) is 6. The number of hydrogen-bond donors (Lipinski definition) is 0. The van der Waals surface area contributed by atoms with Crippen LogP contribution in [0.15, 0.2) is 28.3 Å². The van der Waals surface area contributed by atoms with Crippen LogP contribution < -0.4 is 0 Å². The average molecular weight is 347 g/mol. The first-order chi connectivity index (χ1) is 10.8. The summed E-state index contributed by atoms with van der Waals surface area (Å²) in [5, 5.41) is 7.03. The maximum atomic E-state index is 12.1. The summed E-state index contributed by atoms with van der Waals surface area (Å²) in [6.07, 6.45) is 3.40. The van der Waals surface area contributed by atoms with Gasteiger partial charge < -0.3 is 4.74 Å². The van der Waals surface area contributed by atoms with E-state index in [1.807, 2.05) is 22.9 Å². The lowest BCUT2D eigenvalue weighted by Crippen LogP contribution is -2.03. The number of thiazole rings is 1. The molecule has 0 saturated carbocycles. The summed E-state index contributed by atoms with van der Waals surface area (Å²) in [5.74, 6) is -0.232. The summed E-state index contributed by atoms with van der Waals surface area (Å²) < 4.78 is 5.40. The molecule has 3 nitrogen and oxygen atoms in total. The smallest absolute Gasteiger partial charge is 0.348 e.